The molecule has 1 aromatic carbocycles. The molecule has 0 radical (unpaired) electrons. The molecule has 4 heteroatoms. The van der Waals surface area contributed by atoms with E-state index in [1.807, 2.05) is 51.1 Å². The zero-order valence-electron chi connectivity index (χ0n) is 15.0. The first-order valence-corrected chi connectivity index (χ1v) is 8.86. The molecule has 0 bridgehead atoms. The zero-order chi connectivity index (χ0) is 17.6. The maximum Gasteiger partial charge on any atom is 0.233 e. The van der Waals surface area contributed by atoms with E-state index in [1.165, 1.54) is 5.06 Å². The number of amides is 1. The molecule has 1 aromatic rings. The Morgan fingerprint density at radius 1 is 1.25 bits per heavy atom. The number of benzene rings is 1. The molecule has 1 amide bonds. The van der Waals surface area contributed by atoms with Gasteiger partial charge in [-0.1, -0.05) is 36.8 Å². The Kier molecular flexibility index (Phi) is 6.55. The van der Waals surface area contributed by atoms with Gasteiger partial charge in [0.15, 0.2) is 0 Å². The van der Waals surface area contributed by atoms with Crippen molar-refractivity contribution in [2.75, 3.05) is 0 Å². The van der Waals surface area contributed by atoms with Gasteiger partial charge in [-0.05, 0) is 51.5 Å². The maximum absolute atomic E-state index is 12.3. The second kappa shape index (κ2) is 8.43. The average Bonchev–Trinajstić information content (AvgIpc) is 2.53. The molecule has 1 fully saturated rings. The molecule has 24 heavy (non-hydrogen) atoms. The molecule has 1 saturated carbocycles. The predicted octanol–water partition coefficient (Wildman–Crippen LogP) is 3.94. The third-order valence-corrected chi connectivity index (χ3v) is 4.36. The van der Waals surface area contributed by atoms with Crippen molar-refractivity contribution in [3.8, 4) is 0 Å². The van der Waals surface area contributed by atoms with Gasteiger partial charge < -0.3 is 0 Å². The van der Waals surface area contributed by atoms with Gasteiger partial charge in [0, 0.05) is 12.8 Å². The van der Waals surface area contributed by atoms with Crippen LogP contribution in [-0.2, 0) is 20.8 Å². The van der Waals surface area contributed by atoms with Crippen LogP contribution in [0.25, 0.3) is 0 Å². The summed E-state index contributed by atoms with van der Waals surface area (Å²) in [4.78, 5) is 29.5. The highest BCUT2D eigenvalue weighted by atomic mass is 16.7. The van der Waals surface area contributed by atoms with Crippen molar-refractivity contribution < 1.29 is 14.4 Å². The minimum absolute atomic E-state index is 0.0741. The third-order valence-electron chi connectivity index (χ3n) is 4.36. The van der Waals surface area contributed by atoms with E-state index in [2.05, 4.69) is 0 Å². The summed E-state index contributed by atoms with van der Waals surface area (Å²) < 4.78 is 0. The van der Waals surface area contributed by atoms with E-state index in [1.54, 1.807) is 0 Å². The molecule has 0 heterocycles. The van der Waals surface area contributed by atoms with Gasteiger partial charge in [-0.3, -0.25) is 14.4 Å². The Hall–Kier alpha value is -1.68. The van der Waals surface area contributed by atoms with E-state index < -0.39 is 5.60 Å². The summed E-state index contributed by atoms with van der Waals surface area (Å²) >= 11 is 0. The minimum atomic E-state index is -0.392. The first kappa shape index (κ1) is 18.7. The van der Waals surface area contributed by atoms with E-state index in [0.717, 1.165) is 37.7 Å². The number of nitrogens with zero attached hydrogens (tertiary/aromatic N) is 1. The number of hydrogen-bond acceptors (Lipinski definition) is 3. The van der Waals surface area contributed by atoms with Crippen molar-refractivity contribution in [1.29, 1.82) is 0 Å². The summed E-state index contributed by atoms with van der Waals surface area (Å²) in [5.74, 6) is 0.618. The van der Waals surface area contributed by atoms with Gasteiger partial charge in [0.05, 0.1) is 11.6 Å². The van der Waals surface area contributed by atoms with Crippen LogP contribution in [0.3, 0.4) is 0 Å². The zero-order valence-corrected chi connectivity index (χ0v) is 15.0. The van der Waals surface area contributed by atoms with Crippen LogP contribution in [-0.4, -0.2) is 28.9 Å². The molecule has 4 nitrogen and oxygen atoms in total. The van der Waals surface area contributed by atoms with Crippen LogP contribution in [0.5, 0.6) is 0 Å². The first-order valence-electron chi connectivity index (χ1n) is 8.86. The van der Waals surface area contributed by atoms with Gasteiger partial charge in [0.25, 0.3) is 0 Å². The fraction of sp³-hybridized carbons (Fsp3) is 0.600. The van der Waals surface area contributed by atoms with Gasteiger partial charge in [-0.15, -0.1) is 0 Å². The molecule has 0 spiro atoms. The highest BCUT2D eigenvalue weighted by Gasteiger charge is 2.30. The molecule has 0 N–H and O–H groups in total. The van der Waals surface area contributed by atoms with Crippen molar-refractivity contribution >= 4 is 12.2 Å². The SMILES string of the molecule is CC(C)(C)ON(C=O)C1CCCC(CC(=O)Cc2ccccc2)C1. The maximum atomic E-state index is 12.3. The monoisotopic (exact) mass is 331 g/mol. The molecule has 2 unspecified atom stereocenters. The van der Waals surface area contributed by atoms with E-state index in [9.17, 15) is 9.59 Å². The van der Waals surface area contributed by atoms with Crippen molar-refractivity contribution in [3.05, 3.63) is 35.9 Å². The normalized spacial score (nSPS) is 21.3. The average molecular weight is 331 g/mol. The Balaban J connectivity index is 1.88. The molecular weight excluding hydrogens is 302 g/mol. The summed E-state index contributed by atoms with van der Waals surface area (Å²) in [7, 11) is 0. The summed E-state index contributed by atoms with van der Waals surface area (Å²) in [6.07, 6.45) is 5.74. The van der Waals surface area contributed by atoms with Gasteiger partial charge in [-0.25, -0.2) is 5.06 Å². The van der Waals surface area contributed by atoms with Crippen LogP contribution in [0.1, 0.15) is 58.4 Å². The van der Waals surface area contributed by atoms with Crippen LogP contribution < -0.4 is 0 Å². The number of ketones is 1. The van der Waals surface area contributed by atoms with Crippen LogP contribution in [0.15, 0.2) is 30.3 Å². The Morgan fingerprint density at radius 2 is 1.96 bits per heavy atom. The number of hydroxylamine groups is 2. The van der Waals surface area contributed by atoms with Crippen LogP contribution in [0.4, 0.5) is 0 Å². The van der Waals surface area contributed by atoms with E-state index in [4.69, 9.17) is 4.84 Å². The van der Waals surface area contributed by atoms with Gasteiger partial charge >= 0.3 is 0 Å². The standard InChI is InChI=1S/C20H29NO3/c1-20(2,3)24-21(15-22)18-11-7-10-17(12-18)14-19(23)13-16-8-5-4-6-9-16/h4-6,8-9,15,17-18H,7,10-14H2,1-3H3. The summed E-state index contributed by atoms with van der Waals surface area (Å²) in [5, 5.41) is 1.47. The van der Waals surface area contributed by atoms with E-state index in [0.29, 0.717) is 18.8 Å². The molecular formula is C20H29NO3. The number of hydrogen-bond donors (Lipinski definition) is 0. The Morgan fingerprint density at radius 3 is 2.58 bits per heavy atom. The van der Waals surface area contributed by atoms with Crippen molar-refractivity contribution in [2.24, 2.45) is 5.92 Å². The van der Waals surface area contributed by atoms with Crippen molar-refractivity contribution in [1.82, 2.24) is 5.06 Å². The lowest BCUT2D eigenvalue weighted by atomic mass is 9.82. The highest BCUT2D eigenvalue weighted by molar-refractivity contribution is 5.81. The molecule has 1 aliphatic rings. The van der Waals surface area contributed by atoms with E-state index in [-0.39, 0.29) is 11.8 Å². The first-order chi connectivity index (χ1) is 11.4. The highest BCUT2D eigenvalue weighted by Crippen LogP contribution is 2.31. The number of carbonyl (C=O) groups excluding carboxylic acids is 2. The summed E-state index contributed by atoms with van der Waals surface area (Å²) in [6.45, 7) is 5.81. The molecule has 0 aliphatic heterocycles. The second-order valence-electron chi connectivity index (χ2n) is 7.76. The lowest BCUT2D eigenvalue weighted by Gasteiger charge is -2.37. The van der Waals surface area contributed by atoms with Gasteiger partial charge in [-0.2, -0.15) is 0 Å². The minimum Gasteiger partial charge on any atom is -0.299 e. The molecule has 0 saturated heterocycles. The third kappa shape index (κ3) is 6.08. The van der Waals surface area contributed by atoms with Crippen molar-refractivity contribution in [2.45, 2.75) is 70.9 Å². The van der Waals surface area contributed by atoms with Crippen LogP contribution >= 0.6 is 0 Å². The lowest BCUT2D eigenvalue weighted by Crippen LogP contribution is -2.42. The second-order valence-corrected chi connectivity index (χ2v) is 7.76. The van der Waals surface area contributed by atoms with Gasteiger partial charge in [0.1, 0.15) is 5.78 Å². The molecule has 132 valence electrons. The molecule has 2 rings (SSSR count). The summed E-state index contributed by atoms with van der Waals surface area (Å²) in [5.41, 5.74) is 0.678. The predicted molar refractivity (Wildman–Crippen MR) is 94.3 cm³/mol. The number of Topliss-reactive ketones (excluding diaryl/α,β-unsaturated/α-hetero) is 1. The quantitative estimate of drug-likeness (QED) is 0.562. The number of rotatable bonds is 7. The van der Waals surface area contributed by atoms with Crippen LogP contribution in [0, 0.1) is 5.92 Å². The molecule has 1 aliphatic carbocycles. The Labute approximate surface area is 145 Å². The summed E-state index contributed by atoms with van der Waals surface area (Å²) in [6, 6.07) is 9.95. The fourth-order valence-corrected chi connectivity index (χ4v) is 3.40. The fourth-order valence-electron chi connectivity index (χ4n) is 3.40. The lowest BCUT2D eigenvalue weighted by molar-refractivity contribution is -0.236. The topological polar surface area (TPSA) is 46.6 Å². The smallest absolute Gasteiger partial charge is 0.233 e. The largest absolute Gasteiger partial charge is 0.299 e. The van der Waals surface area contributed by atoms with Gasteiger partial charge in [0.2, 0.25) is 6.41 Å². The number of carbonyl (C=O) groups is 2. The van der Waals surface area contributed by atoms with Crippen molar-refractivity contribution in [3.63, 3.8) is 0 Å². The van der Waals surface area contributed by atoms with Crippen LogP contribution in [0.2, 0.25) is 0 Å². The molecule has 0 aromatic heterocycles. The Bertz CT molecular complexity index is 536. The molecule has 2 atom stereocenters. The van der Waals surface area contributed by atoms with E-state index >= 15 is 0 Å².